The molecule has 2 heteroatoms. The fourth-order valence-electron chi connectivity index (χ4n) is 1.47. The maximum atomic E-state index is 4.61. The van der Waals surface area contributed by atoms with Crippen molar-refractivity contribution >= 4 is 5.84 Å². The first-order valence-electron chi connectivity index (χ1n) is 4.40. The van der Waals surface area contributed by atoms with Crippen LogP contribution < -0.4 is 0 Å². The molecule has 0 saturated heterocycles. The van der Waals surface area contributed by atoms with Crippen LogP contribution in [0.5, 0.6) is 0 Å². The van der Waals surface area contributed by atoms with Crippen molar-refractivity contribution in [1.29, 1.82) is 0 Å². The third kappa shape index (κ3) is 1.95. The first-order chi connectivity index (χ1) is 5.11. The fourth-order valence-corrected chi connectivity index (χ4v) is 1.47. The Bertz CT molecular complexity index is 161. The molecule has 0 saturated carbocycles. The summed E-state index contributed by atoms with van der Waals surface area (Å²) < 4.78 is 0. The van der Waals surface area contributed by atoms with E-state index in [1.165, 1.54) is 12.3 Å². The standard InChI is InChI=1S/C9H18N2/c1-7(2)9-10-8(3)5-6-11(9)4/h7-8H,5-6H2,1-4H3/t8-/m0/s1. The normalized spacial score (nSPS) is 25.7. The van der Waals surface area contributed by atoms with E-state index >= 15 is 0 Å². The van der Waals surface area contributed by atoms with Gasteiger partial charge in [0.1, 0.15) is 5.84 Å². The van der Waals surface area contributed by atoms with Crippen molar-refractivity contribution in [3.8, 4) is 0 Å². The Balaban J connectivity index is 2.71. The van der Waals surface area contributed by atoms with E-state index in [-0.39, 0.29) is 0 Å². The average Bonchev–Trinajstić information content (AvgIpc) is 1.94. The molecule has 0 fully saturated rings. The molecule has 0 unspecified atom stereocenters. The largest absolute Gasteiger partial charge is 0.363 e. The SMILES string of the molecule is CC(C)C1=N[C@@H](C)CCN1C. The first-order valence-corrected chi connectivity index (χ1v) is 4.40. The Morgan fingerprint density at radius 1 is 1.55 bits per heavy atom. The number of nitrogens with zero attached hydrogens (tertiary/aromatic N) is 2. The molecule has 0 aromatic heterocycles. The summed E-state index contributed by atoms with van der Waals surface area (Å²) in [7, 11) is 2.13. The van der Waals surface area contributed by atoms with Crippen molar-refractivity contribution in [3.05, 3.63) is 0 Å². The minimum Gasteiger partial charge on any atom is -0.363 e. The molecule has 1 rings (SSSR count). The molecule has 0 radical (unpaired) electrons. The van der Waals surface area contributed by atoms with E-state index in [0.717, 1.165) is 6.54 Å². The molecule has 1 atom stereocenters. The minimum absolute atomic E-state index is 0.531. The second kappa shape index (κ2) is 3.24. The van der Waals surface area contributed by atoms with E-state index in [1.54, 1.807) is 0 Å². The van der Waals surface area contributed by atoms with Crippen LogP contribution in [0.2, 0.25) is 0 Å². The molecule has 0 aromatic carbocycles. The van der Waals surface area contributed by atoms with Gasteiger partial charge in [0.2, 0.25) is 0 Å². The molecule has 1 heterocycles. The van der Waals surface area contributed by atoms with Gasteiger partial charge in [0.05, 0.1) is 6.04 Å². The molecule has 0 N–H and O–H groups in total. The van der Waals surface area contributed by atoms with Gasteiger partial charge in [0.15, 0.2) is 0 Å². The smallest absolute Gasteiger partial charge is 0.101 e. The van der Waals surface area contributed by atoms with Crippen LogP contribution in [0.3, 0.4) is 0 Å². The molecule has 0 bridgehead atoms. The number of aliphatic imine (C=N–C) groups is 1. The van der Waals surface area contributed by atoms with E-state index < -0.39 is 0 Å². The Kier molecular flexibility index (Phi) is 2.53. The number of rotatable bonds is 1. The Hall–Kier alpha value is -0.530. The number of hydrogen-bond donors (Lipinski definition) is 0. The zero-order valence-electron chi connectivity index (χ0n) is 7.96. The molecule has 11 heavy (non-hydrogen) atoms. The van der Waals surface area contributed by atoms with Gasteiger partial charge >= 0.3 is 0 Å². The summed E-state index contributed by atoms with van der Waals surface area (Å²) in [6.07, 6.45) is 1.20. The van der Waals surface area contributed by atoms with Crippen molar-refractivity contribution in [2.24, 2.45) is 10.9 Å². The molecule has 0 spiro atoms. The van der Waals surface area contributed by atoms with Gasteiger partial charge in [0, 0.05) is 19.5 Å². The third-order valence-electron chi connectivity index (χ3n) is 2.14. The van der Waals surface area contributed by atoms with Crippen LogP contribution in [0.4, 0.5) is 0 Å². The van der Waals surface area contributed by atoms with Crippen molar-refractivity contribution in [2.75, 3.05) is 13.6 Å². The predicted molar refractivity (Wildman–Crippen MR) is 49.0 cm³/mol. The molecule has 1 aliphatic heterocycles. The zero-order valence-corrected chi connectivity index (χ0v) is 7.96. The predicted octanol–water partition coefficient (Wildman–Crippen LogP) is 1.76. The first kappa shape index (κ1) is 8.57. The van der Waals surface area contributed by atoms with Crippen LogP contribution in [-0.2, 0) is 0 Å². The van der Waals surface area contributed by atoms with Gasteiger partial charge in [-0.2, -0.15) is 0 Å². The van der Waals surface area contributed by atoms with Crippen LogP contribution >= 0.6 is 0 Å². The summed E-state index contributed by atoms with van der Waals surface area (Å²) in [6, 6.07) is 0.531. The van der Waals surface area contributed by atoms with Gasteiger partial charge in [0.25, 0.3) is 0 Å². The topological polar surface area (TPSA) is 15.6 Å². The van der Waals surface area contributed by atoms with Crippen molar-refractivity contribution < 1.29 is 0 Å². The van der Waals surface area contributed by atoms with E-state index in [1.807, 2.05) is 0 Å². The van der Waals surface area contributed by atoms with Gasteiger partial charge in [-0.05, 0) is 13.3 Å². The molecule has 2 nitrogen and oxygen atoms in total. The number of amidine groups is 1. The lowest BCUT2D eigenvalue weighted by atomic mass is 10.1. The summed E-state index contributed by atoms with van der Waals surface area (Å²) >= 11 is 0. The lowest BCUT2D eigenvalue weighted by molar-refractivity contribution is 0.408. The van der Waals surface area contributed by atoms with Gasteiger partial charge in [-0.15, -0.1) is 0 Å². The highest BCUT2D eigenvalue weighted by Crippen LogP contribution is 2.12. The van der Waals surface area contributed by atoms with Gasteiger partial charge in [-0.25, -0.2) is 0 Å². The summed E-state index contributed by atoms with van der Waals surface area (Å²) in [5.74, 6) is 1.84. The molecule has 64 valence electrons. The summed E-state index contributed by atoms with van der Waals surface area (Å²) in [6.45, 7) is 7.76. The van der Waals surface area contributed by atoms with Gasteiger partial charge in [-0.3, -0.25) is 4.99 Å². The van der Waals surface area contributed by atoms with E-state index in [2.05, 4.69) is 37.7 Å². The van der Waals surface area contributed by atoms with Crippen LogP contribution in [0.1, 0.15) is 27.2 Å². The summed E-state index contributed by atoms with van der Waals surface area (Å²) in [5, 5.41) is 0. The maximum absolute atomic E-state index is 4.61. The quantitative estimate of drug-likeness (QED) is 0.562. The third-order valence-corrected chi connectivity index (χ3v) is 2.14. The molecule has 0 aliphatic carbocycles. The lowest BCUT2D eigenvalue weighted by Gasteiger charge is -2.30. The van der Waals surface area contributed by atoms with Gasteiger partial charge in [-0.1, -0.05) is 13.8 Å². The van der Waals surface area contributed by atoms with Crippen LogP contribution in [-0.4, -0.2) is 30.4 Å². The maximum Gasteiger partial charge on any atom is 0.101 e. The van der Waals surface area contributed by atoms with E-state index in [9.17, 15) is 0 Å². The highest BCUT2D eigenvalue weighted by molar-refractivity contribution is 5.84. The van der Waals surface area contributed by atoms with Gasteiger partial charge < -0.3 is 4.90 Å². The Morgan fingerprint density at radius 3 is 2.64 bits per heavy atom. The molecular weight excluding hydrogens is 136 g/mol. The van der Waals surface area contributed by atoms with Crippen LogP contribution in [0.15, 0.2) is 4.99 Å². The highest BCUT2D eigenvalue weighted by Gasteiger charge is 2.17. The van der Waals surface area contributed by atoms with Crippen molar-refractivity contribution in [2.45, 2.75) is 33.2 Å². The second-order valence-corrected chi connectivity index (χ2v) is 3.70. The average molecular weight is 154 g/mol. The number of hydrogen-bond acceptors (Lipinski definition) is 2. The molecule has 0 amide bonds. The summed E-state index contributed by atoms with van der Waals surface area (Å²) in [5.41, 5.74) is 0. The minimum atomic E-state index is 0.531. The van der Waals surface area contributed by atoms with E-state index in [4.69, 9.17) is 0 Å². The van der Waals surface area contributed by atoms with Crippen molar-refractivity contribution in [1.82, 2.24) is 4.90 Å². The van der Waals surface area contributed by atoms with Crippen LogP contribution in [0, 0.1) is 5.92 Å². The summed E-state index contributed by atoms with van der Waals surface area (Å²) in [4.78, 5) is 6.87. The monoisotopic (exact) mass is 154 g/mol. The zero-order chi connectivity index (χ0) is 8.43. The Labute approximate surface area is 69.3 Å². The fraction of sp³-hybridized carbons (Fsp3) is 0.889. The lowest BCUT2D eigenvalue weighted by Crippen LogP contribution is -2.37. The van der Waals surface area contributed by atoms with E-state index in [0.29, 0.717) is 12.0 Å². The molecular formula is C9H18N2. The highest BCUT2D eigenvalue weighted by atomic mass is 15.2. The molecule has 1 aliphatic rings. The van der Waals surface area contributed by atoms with Crippen LogP contribution in [0.25, 0.3) is 0 Å². The Morgan fingerprint density at radius 2 is 2.18 bits per heavy atom. The molecule has 0 aromatic rings. The second-order valence-electron chi connectivity index (χ2n) is 3.70. The van der Waals surface area contributed by atoms with Crippen molar-refractivity contribution in [3.63, 3.8) is 0 Å².